The molecule has 0 radical (unpaired) electrons. The molecular formula is C24H28N3+. The van der Waals surface area contributed by atoms with E-state index >= 15 is 0 Å². The number of fused-ring (bicyclic) bond motifs is 3. The number of aliphatic imine (C=N–C) groups is 1. The molecule has 0 bridgehead atoms. The maximum Gasteiger partial charge on any atom is 0.272 e. The second kappa shape index (κ2) is 5.09. The van der Waals surface area contributed by atoms with Gasteiger partial charge in [-0.3, -0.25) is 4.99 Å². The molecule has 4 atom stereocenters. The van der Waals surface area contributed by atoms with Gasteiger partial charge < -0.3 is 0 Å². The molecular weight excluding hydrogens is 330 g/mol. The van der Waals surface area contributed by atoms with Crippen LogP contribution in [0.2, 0.25) is 0 Å². The SMILES string of the molecule is C=CC1=C(C(=C)C)C2N=CC=C3C2c2n(c(C)c[n+]21)C1(CC)C=CC31CC. The van der Waals surface area contributed by atoms with Gasteiger partial charge in [-0.1, -0.05) is 33.1 Å². The highest BCUT2D eigenvalue weighted by Gasteiger charge is 2.68. The normalized spacial score (nSPS) is 34.6. The minimum atomic E-state index is 0.0253. The number of hydrogen-bond acceptors (Lipinski definition) is 1. The number of aromatic nitrogens is 2. The third-order valence-electron chi connectivity index (χ3n) is 7.49. The van der Waals surface area contributed by atoms with E-state index in [1.807, 2.05) is 12.3 Å². The molecule has 0 N–H and O–H groups in total. The molecule has 1 aromatic heterocycles. The van der Waals surface area contributed by atoms with Crippen molar-refractivity contribution in [1.29, 1.82) is 0 Å². The maximum absolute atomic E-state index is 4.96. The standard InChI is InChI=1S/C24H28N3/c1-7-18-19(15(4)5)21-20-17(10-13-25-21)23(8-2)11-12-24(23,9-3)27-16(6)14-26(18)22(20)27/h7,10-14,20-21H,1,4,8-9H2,2-3,5-6H3/q+1. The van der Waals surface area contributed by atoms with E-state index in [4.69, 9.17) is 4.99 Å². The summed E-state index contributed by atoms with van der Waals surface area (Å²) in [5.74, 6) is 1.62. The first-order valence-corrected chi connectivity index (χ1v) is 10.1. The number of hydrogen-bond donors (Lipinski definition) is 0. The van der Waals surface area contributed by atoms with Crippen LogP contribution in [0.25, 0.3) is 5.70 Å². The second-order valence-electron chi connectivity index (χ2n) is 8.40. The number of nitrogens with zero attached hydrogens (tertiary/aromatic N) is 3. The van der Waals surface area contributed by atoms with Crippen molar-refractivity contribution in [2.24, 2.45) is 10.4 Å². The fraction of sp³-hybridized carbons (Fsp3) is 0.417. The van der Waals surface area contributed by atoms with Crippen LogP contribution in [0.5, 0.6) is 0 Å². The Morgan fingerprint density at radius 3 is 2.67 bits per heavy atom. The Kier molecular flexibility index (Phi) is 3.16. The van der Waals surface area contributed by atoms with E-state index in [2.05, 4.69) is 74.4 Å². The van der Waals surface area contributed by atoms with Crippen molar-refractivity contribution in [2.75, 3.05) is 0 Å². The van der Waals surface area contributed by atoms with Gasteiger partial charge >= 0.3 is 0 Å². The van der Waals surface area contributed by atoms with E-state index in [0.717, 1.165) is 24.1 Å². The van der Waals surface area contributed by atoms with Crippen molar-refractivity contribution >= 4 is 11.9 Å². The molecule has 0 spiro atoms. The van der Waals surface area contributed by atoms with E-state index in [0.29, 0.717) is 0 Å². The van der Waals surface area contributed by atoms with Crippen molar-refractivity contribution in [3.8, 4) is 0 Å². The third kappa shape index (κ3) is 1.57. The van der Waals surface area contributed by atoms with E-state index in [-0.39, 0.29) is 22.9 Å². The molecule has 4 unspecified atom stereocenters. The first-order valence-electron chi connectivity index (χ1n) is 10.1. The smallest absolute Gasteiger partial charge is 0.272 e. The molecule has 5 rings (SSSR count). The molecule has 0 aromatic carbocycles. The van der Waals surface area contributed by atoms with Crippen molar-refractivity contribution < 1.29 is 4.57 Å². The summed E-state index contributed by atoms with van der Waals surface area (Å²) in [5.41, 5.74) is 6.38. The summed E-state index contributed by atoms with van der Waals surface area (Å²) in [6.45, 7) is 17.4. The highest BCUT2D eigenvalue weighted by molar-refractivity contribution is 5.79. The van der Waals surface area contributed by atoms with Crippen LogP contribution in [0.3, 0.4) is 0 Å². The molecule has 3 aliphatic heterocycles. The molecule has 0 saturated heterocycles. The molecule has 0 amide bonds. The minimum absolute atomic E-state index is 0.0253. The van der Waals surface area contributed by atoms with Crippen molar-refractivity contribution in [2.45, 2.75) is 58.0 Å². The molecule has 138 valence electrons. The molecule has 0 fully saturated rings. The quantitative estimate of drug-likeness (QED) is 0.553. The van der Waals surface area contributed by atoms with Gasteiger partial charge in [-0.15, -0.1) is 0 Å². The molecule has 27 heavy (non-hydrogen) atoms. The first-order chi connectivity index (χ1) is 13.0. The molecule has 4 aliphatic rings. The average molecular weight is 359 g/mol. The monoisotopic (exact) mass is 358 g/mol. The van der Waals surface area contributed by atoms with Crippen LogP contribution in [-0.4, -0.2) is 16.8 Å². The summed E-state index contributed by atoms with van der Waals surface area (Å²) >= 11 is 0. The number of aryl methyl sites for hydroxylation is 1. The van der Waals surface area contributed by atoms with Gasteiger partial charge in [-0.25, -0.2) is 4.57 Å². The number of rotatable bonds is 4. The number of dihydropyridines is 1. The summed E-state index contributed by atoms with van der Waals surface area (Å²) in [6.07, 6.45) is 15.7. The highest BCUT2D eigenvalue weighted by Crippen LogP contribution is 2.66. The van der Waals surface area contributed by atoms with Crippen LogP contribution < -0.4 is 4.57 Å². The van der Waals surface area contributed by atoms with Crippen molar-refractivity contribution in [3.63, 3.8) is 0 Å². The zero-order valence-corrected chi connectivity index (χ0v) is 16.8. The lowest BCUT2D eigenvalue weighted by atomic mass is 9.49. The Hall–Kier alpha value is -2.42. The number of allylic oxidation sites excluding steroid dienone is 5. The van der Waals surface area contributed by atoms with Crippen molar-refractivity contribution in [1.82, 2.24) is 4.57 Å². The van der Waals surface area contributed by atoms with Gasteiger partial charge in [0.25, 0.3) is 5.82 Å². The zero-order valence-electron chi connectivity index (χ0n) is 16.8. The van der Waals surface area contributed by atoms with Gasteiger partial charge in [0.2, 0.25) is 0 Å². The largest absolute Gasteiger partial charge is 0.284 e. The van der Waals surface area contributed by atoms with E-state index in [1.54, 1.807) is 0 Å². The Balaban J connectivity index is 1.95. The van der Waals surface area contributed by atoms with E-state index in [1.165, 1.54) is 22.7 Å². The Bertz CT molecular complexity index is 1030. The first kappa shape index (κ1) is 16.7. The van der Waals surface area contributed by atoms with Gasteiger partial charge in [0.15, 0.2) is 0 Å². The van der Waals surface area contributed by atoms with Crippen LogP contribution >= 0.6 is 0 Å². The topological polar surface area (TPSA) is 21.2 Å². The summed E-state index contributed by atoms with van der Waals surface area (Å²) in [7, 11) is 0. The predicted molar refractivity (Wildman–Crippen MR) is 111 cm³/mol. The summed E-state index contributed by atoms with van der Waals surface area (Å²) < 4.78 is 4.98. The minimum Gasteiger partial charge on any atom is -0.284 e. The lowest BCUT2D eigenvalue weighted by Gasteiger charge is -2.58. The van der Waals surface area contributed by atoms with Crippen molar-refractivity contribution in [3.05, 3.63) is 71.9 Å². The molecule has 0 saturated carbocycles. The van der Waals surface area contributed by atoms with Gasteiger partial charge in [-0.05, 0) is 49.1 Å². The van der Waals surface area contributed by atoms with Crippen LogP contribution in [0.15, 0.2) is 65.4 Å². The summed E-state index contributed by atoms with van der Waals surface area (Å²) in [6, 6.07) is 0.0934. The fourth-order valence-corrected chi connectivity index (χ4v) is 6.40. The molecule has 1 aliphatic carbocycles. The van der Waals surface area contributed by atoms with Gasteiger partial charge in [0.1, 0.15) is 29.0 Å². The molecule has 3 heteroatoms. The summed E-state index contributed by atoms with van der Waals surface area (Å²) in [4.78, 5) is 4.96. The van der Waals surface area contributed by atoms with Crippen LogP contribution in [-0.2, 0) is 5.54 Å². The van der Waals surface area contributed by atoms with Gasteiger partial charge in [0.05, 0.1) is 11.5 Å². The van der Waals surface area contributed by atoms with Crippen LogP contribution in [0.4, 0.5) is 0 Å². The predicted octanol–water partition coefficient (Wildman–Crippen LogP) is 4.62. The fourth-order valence-electron chi connectivity index (χ4n) is 6.40. The van der Waals surface area contributed by atoms with E-state index in [9.17, 15) is 0 Å². The zero-order chi connectivity index (χ0) is 19.1. The van der Waals surface area contributed by atoms with Gasteiger partial charge in [0, 0.05) is 18.7 Å². The Morgan fingerprint density at radius 1 is 1.33 bits per heavy atom. The average Bonchev–Trinajstić information content (AvgIpc) is 2.98. The lowest BCUT2D eigenvalue weighted by molar-refractivity contribution is -0.593. The Labute approximate surface area is 161 Å². The Morgan fingerprint density at radius 2 is 2.11 bits per heavy atom. The third-order valence-corrected chi connectivity index (χ3v) is 7.49. The van der Waals surface area contributed by atoms with Crippen LogP contribution in [0, 0.1) is 12.3 Å². The molecule has 4 heterocycles. The van der Waals surface area contributed by atoms with Crippen LogP contribution in [0.1, 0.15) is 51.0 Å². The molecule has 1 aromatic rings. The highest BCUT2D eigenvalue weighted by atomic mass is 15.3. The van der Waals surface area contributed by atoms with Gasteiger partial charge in [-0.2, -0.15) is 4.57 Å². The second-order valence-corrected chi connectivity index (χ2v) is 8.40. The maximum atomic E-state index is 4.96. The summed E-state index contributed by atoms with van der Waals surface area (Å²) in [5, 5.41) is 0. The number of imidazole rings is 1. The van der Waals surface area contributed by atoms with E-state index < -0.39 is 0 Å². The molecule has 3 nitrogen and oxygen atoms in total. The lowest BCUT2D eigenvalue weighted by Crippen LogP contribution is -2.63.